The lowest BCUT2D eigenvalue weighted by molar-refractivity contribution is -0.0774. The van der Waals surface area contributed by atoms with Gasteiger partial charge in [-0.2, -0.15) is 0 Å². The Morgan fingerprint density at radius 2 is 2.00 bits per heavy atom. The molecule has 0 spiro atoms. The van der Waals surface area contributed by atoms with Crippen LogP contribution >= 0.6 is 0 Å². The van der Waals surface area contributed by atoms with Crippen molar-refractivity contribution in [2.75, 3.05) is 0 Å². The van der Waals surface area contributed by atoms with Crippen molar-refractivity contribution in [3.8, 4) is 0 Å². The summed E-state index contributed by atoms with van der Waals surface area (Å²) in [6.07, 6.45) is 4.02. The highest BCUT2D eigenvalue weighted by molar-refractivity contribution is 5.18. The molecule has 0 saturated heterocycles. The van der Waals surface area contributed by atoms with E-state index in [-0.39, 0.29) is 5.92 Å². The summed E-state index contributed by atoms with van der Waals surface area (Å²) in [6.45, 7) is 16.5. The quantitative estimate of drug-likeness (QED) is 0.720. The van der Waals surface area contributed by atoms with E-state index in [0.717, 1.165) is 12.0 Å². The molecule has 1 rings (SSSR count). The van der Waals surface area contributed by atoms with E-state index in [9.17, 15) is 5.11 Å². The van der Waals surface area contributed by atoms with Crippen LogP contribution in [0.4, 0.5) is 0 Å². The van der Waals surface area contributed by atoms with Crippen LogP contribution in [0.15, 0.2) is 24.8 Å². The Bertz CT molecular complexity index is 279. The van der Waals surface area contributed by atoms with Crippen LogP contribution in [0.5, 0.6) is 0 Å². The highest BCUT2D eigenvalue weighted by atomic mass is 16.3. The van der Waals surface area contributed by atoms with E-state index in [1.54, 1.807) is 6.08 Å². The molecule has 0 radical (unpaired) electrons. The number of hydrogen-bond acceptors (Lipinski definition) is 1. The molecule has 0 bridgehead atoms. The van der Waals surface area contributed by atoms with Crippen LogP contribution in [-0.4, -0.2) is 10.7 Å². The number of aliphatic hydroxyl groups is 1. The monoisotopic (exact) mass is 222 g/mol. The topological polar surface area (TPSA) is 20.2 Å². The van der Waals surface area contributed by atoms with Crippen molar-refractivity contribution in [1.82, 2.24) is 0 Å². The molecule has 0 aliphatic heterocycles. The molecule has 0 aromatic heterocycles. The Balaban J connectivity index is 3.12. The number of hydrogen-bond donors (Lipinski definition) is 1. The second-order valence-corrected chi connectivity index (χ2v) is 5.82. The van der Waals surface area contributed by atoms with Gasteiger partial charge in [-0.1, -0.05) is 39.0 Å². The Hall–Kier alpha value is -0.560. The molecule has 0 aromatic carbocycles. The van der Waals surface area contributed by atoms with Gasteiger partial charge in [-0.25, -0.2) is 0 Å². The highest BCUT2D eigenvalue weighted by Gasteiger charge is 2.48. The second-order valence-electron chi connectivity index (χ2n) is 5.82. The largest absolute Gasteiger partial charge is 0.385 e. The van der Waals surface area contributed by atoms with Gasteiger partial charge < -0.3 is 5.11 Å². The summed E-state index contributed by atoms with van der Waals surface area (Å²) in [5, 5.41) is 10.9. The fraction of sp³-hybridized carbons (Fsp3) is 0.733. The minimum absolute atomic E-state index is 0.158. The molecule has 1 aliphatic rings. The summed E-state index contributed by atoms with van der Waals surface area (Å²) in [5.41, 5.74) is 0.317. The Labute approximate surface area is 100 Å². The molecule has 1 fully saturated rings. The first-order valence-electron chi connectivity index (χ1n) is 6.36. The zero-order valence-corrected chi connectivity index (χ0v) is 11.2. The molecule has 1 saturated carbocycles. The van der Waals surface area contributed by atoms with Gasteiger partial charge in [-0.05, 0) is 37.5 Å². The smallest absolute Gasteiger partial charge is 0.0922 e. The van der Waals surface area contributed by atoms with Gasteiger partial charge in [0.05, 0.1) is 5.60 Å². The molecular weight excluding hydrogens is 196 g/mol. The zero-order valence-electron chi connectivity index (χ0n) is 11.2. The maximum absolute atomic E-state index is 10.9. The number of rotatable bonds is 3. The standard InChI is InChI=1S/C15H26O/c1-7-15(16)13(10(2)3)9-8-12(6)14(15)11(4)5/h7,10,12-14,16H,1,4,8-9H2,2-3,5-6H3/t12?,13-,14+,15?/m1/s1. The predicted octanol–water partition coefficient (Wildman–Crippen LogP) is 3.80. The van der Waals surface area contributed by atoms with Crippen molar-refractivity contribution in [2.24, 2.45) is 23.7 Å². The van der Waals surface area contributed by atoms with Crippen molar-refractivity contribution in [3.05, 3.63) is 24.8 Å². The summed E-state index contributed by atoms with van der Waals surface area (Å²) in [7, 11) is 0. The summed E-state index contributed by atoms with van der Waals surface area (Å²) in [6, 6.07) is 0. The summed E-state index contributed by atoms with van der Waals surface area (Å²) < 4.78 is 0. The fourth-order valence-corrected chi connectivity index (χ4v) is 3.55. The van der Waals surface area contributed by atoms with E-state index >= 15 is 0 Å². The van der Waals surface area contributed by atoms with Crippen LogP contribution in [0.25, 0.3) is 0 Å². The zero-order chi connectivity index (χ0) is 12.5. The van der Waals surface area contributed by atoms with E-state index in [1.807, 2.05) is 6.92 Å². The van der Waals surface area contributed by atoms with Crippen molar-refractivity contribution < 1.29 is 5.11 Å². The van der Waals surface area contributed by atoms with E-state index < -0.39 is 5.60 Å². The third-order valence-electron chi connectivity index (χ3n) is 4.26. The lowest BCUT2D eigenvalue weighted by Crippen LogP contribution is -2.51. The minimum Gasteiger partial charge on any atom is -0.385 e. The average molecular weight is 222 g/mol. The summed E-state index contributed by atoms with van der Waals surface area (Å²) in [4.78, 5) is 0. The molecule has 2 unspecified atom stereocenters. The van der Waals surface area contributed by atoms with Crippen LogP contribution in [0.1, 0.15) is 40.5 Å². The SMILES string of the molecule is C=CC1(O)[C@@H](C(C)C)CCC(C)[C@@H]1C(=C)C. The van der Waals surface area contributed by atoms with E-state index in [1.165, 1.54) is 6.42 Å². The van der Waals surface area contributed by atoms with Gasteiger partial charge in [0.15, 0.2) is 0 Å². The third-order valence-corrected chi connectivity index (χ3v) is 4.26. The molecule has 1 aliphatic carbocycles. The predicted molar refractivity (Wildman–Crippen MR) is 70.2 cm³/mol. The molecule has 1 heteroatoms. The molecule has 1 N–H and O–H groups in total. The van der Waals surface area contributed by atoms with Crippen molar-refractivity contribution in [2.45, 2.75) is 46.1 Å². The van der Waals surface area contributed by atoms with Crippen molar-refractivity contribution in [3.63, 3.8) is 0 Å². The minimum atomic E-state index is -0.766. The van der Waals surface area contributed by atoms with Crippen LogP contribution in [0, 0.1) is 23.7 Å². The molecule has 0 amide bonds. The van der Waals surface area contributed by atoms with E-state index in [2.05, 4.69) is 33.9 Å². The van der Waals surface area contributed by atoms with Gasteiger partial charge in [0.2, 0.25) is 0 Å². The maximum Gasteiger partial charge on any atom is 0.0922 e. The first-order valence-corrected chi connectivity index (χ1v) is 6.36. The third kappa shape index (κ3) is 2.10. The fourth-order valence-electron chi connectivity index (χ4n) is 3.55. The van der Waals surface area contributed by atoms with E-state index in [0.29, 0.717) is 17.8 Å². The van der Waals surface area contributed by atoms with Crippen LogP contribution < -0.4 is 0 Å². The molecule has 0 aromatic rings. The summed E-state index contributed by atoms with van der Waals surface area (Å²) in [5.74, 6) is 1.45. The van der Waals surface area contributed by atoms with Crippen molar-refractivity contribution >= 4 is 0 Å². The van der Waals surface area contributed by atoms with Gasteiger partial charge in [0.1, 0.15) is 0 Å². The molecule has 0 heterocycles. The molecule has 1 nitrogen and oxygen atoms in total. The van der Waals surface area contributed by atoms with Crippen molar-refractivity contribution in [1.29, 1.82) is 0 Å². The second kappa shape index (κ2) is 4.75. The lowest BCUT2D eigenvalue weighted by Gasteiger charge is -2.49. The Kier molecular flexibility index (Phi) is 4.01. The first kappa shape index (κ1) is 13.5. The van der Waals surface area contributed by atoms with Crippen LogP contribution in [0.2, 0.25) is 0 Å². The van der Waals surface area contributed by atoms with Gasteiger partial charge in [-0.15, -0.1) is 6.58 Å². The molecular formula is C15H26O. The normalized spacial score (nSPS) is 39.8. The summed E-state index contributed by atoms with van der Waals surface area (Å²) >= 11 is 0. The first-order chi connectivity index (χ1) is 7.34. The Morgan fingerprint density at radius 3 is 2.38 bits per heavy atom. The molecule has 92 valence electrons. The molecule has 4 atom stereocenters. The van der Waals surface area contributed by atoms with Gasteiger partial charge in [0.25, 0.3) is 0 Å². The van der Waals surface area contributed by atoms with E-state index in [4.69, 9.17) is 0 Å². The average Bonchev–Trinajstić information content (AvgIpc) is 2.16. The van der Waals surface area contributed by atoms with Gasteiger partial charge in [-0.3, -0.25) is 0 Å². The highest BCUT2D eigenvalue weighted by Crippen LogP contribution is 2.48. The van der Waals surface area contributed by atoms with Crippen LogP contribution in [0.3, 0.4) is 0 Å². The molecule has 16 heavy (non-hydrogen) atoms. The van der Waals surface area contributed by atoms with Gasteiger partial charge in [0, 0.05) is 5.92 Å². The Morgan fingerprint density at radius 1 is 1.44 bits per heavy atom. The van der Waals surface area contributed by atoms with Gasteiger partial charge >= 0.3 is 0 Å². The van der Waals surface area contributed by atoms with Crippen LogP contribution in [-0.2, 0) is 0 Å². The lowest BCUT2D eigenvalue weighted by atomic mass is 9.59. The maximum atomic E-state index is 10.9.